The molecule has 0 aromatic carbocycles. The molecule has 0 bridgehead atoms. The van der Waals surface area contributed by atoms with Gasteiger partial charge in [0, 0.05) is 31.0 Å². The molecule has 1 aliphatic carbocycles. The Kier molecular flexibility index (Phi) is 1.65. The molecule has 1 aromatic heterocycles. The van der Waals surface area contributed by atoms with Gasteiger partial charge >= 0.3 is 0 Å². The average Bonchev–Trinajstić information content (AvgIpc) is 2.66. The van der Waals surface area contributed by atoms with E-state index in [0.717, 1.165) is 11.8 Å². The van der Waals surface area contributed by atoms with Crippen LogP contribution in [0.5, 0.6) is 0 Å². The lowest BCUT2D eigenvalue weighted by Gasteiger charge is -2.23. The molecule has 5 nitrogen and oxygen atoms in total. The molecule has 2 heterocycles. The summed E-state index contributed by atoms with van der Waals surface area (Å²) in [5.41, 5.74) is 0. The fraction of sp³-hybridized carbons (Fsp3) is 0.889. The number of likely N-dealkylation sites (tertiary alicyclic amines) is 1. The van der Waals surface area contributed by atoms with Crippen molar-refractivity contribution < 1.29 is 0 Å². The van der Waals surface area contributed by atoms with Gasteiger partial charge in [-0.25, -0.2) is 4.68 Å². The standard InChI is InChI=1S/C9H15N5/c1-6(2)13-3-7-8(4-13)9(7)14-5-10-11-12-14/h5-9H,3-4H2,1-2H3. The van der Waals surface area contributed by atoms with Gasteiger partial charge in [0.15, 0.2) is 0 Å². The third-order valence-electron chi connectivity index (χ3n) is 3.58. The van der Waals surface area contributed by atoms with Gasteiger partial charge in [0.1, 0.15) is 6.33 Å². The molecule has 0 radical (unpaired) electrons. The second-order valence-electron chi connectivity index (χ2n) is 4.66. The van der Waals surface area contributed by atoms with Crippen LogP contribution in [-0.4, -0.2) is 44.2 Å². The summed E-state index contributed by atoms with van der Waals surface area (Å²) in [6.07, 6.45) is 1.74. The molecule has 2 aliphatic rings. The molecule has 1 aromatic rings. The van der Waals surface area contributed by atoms with Crippen molar-refractivity contribution >= 4 is 0 Å². The van der Waals surface area contributed by atoms with E-state index in [2.05, 4.69) is 34.3 Å². The van der Waals surface area contributed by atoms with Crippen molar-refractivity contribution in [1.29, 1.82) is 0 Å². The highest BCUT2D eigenvalue weighted by Gasteiger charge is 2.57. The predicted octanol–water partition coefficient (Wildman–Crippen LogP) is 0.184. The first-order chi connectivity index (χ1) is 6.77. The van der Waals surface area contributed by atoms with Gasteiger partial charge in [-0.1, -0.05) is 0 Å². The van der Waals surface area contributed by atoms with Gasteiger partial charge in [0.2, 0.25) is 0 Å². The summed E-state index contributed by atoms with van der Waals surface area (Å²) < 4.78 is 1.92. The van der Waals surface area contributed by atoms with Gasteiger partial charge in [-0.05, 0) is 24.3 Å². The number of aromatic nitrogens is 4. The van der Waals surface area contributed by atoms with Crippen LogP contribution in [0.3, 0.4) is 0 Å². The largest absolute Gasteiger partial charge is 0.300 e. The fourth-order valence-electron chi connectivity index (χ4n) is 2.65. The molecule has 1 aliphatic heterocycles. The molecular formula is C9H15N5. The second kappa shape index (κ2) is 2.76. The van der Waals surface area contributed by atoms with E-state index in [0.29, 0.717) is 12.1 Å². The van der Waals surface area contributed by atoms with E-state index in [9.17, 15) is 0 Å². The Morgan fingerprint density at radius 2 is 2.00 bits per heavy atom. The van der Waals surface area contributed by atoms with Crippen LogP contribution in [0.2, 0.25) is 0 Å². The van der Waals surface area contributed by atoms with E-state index in [1.807, 2.05) is 4.68 Å². The first-order valence-corrected chi connectivity index (χ1v) is 5.24. The summed E-state index contributed by atoms with van der Waals surface area (Å²) in [6, 6.07) is 1.26. The van der Waals surface area contributed by atoms with Crippen LogP contribution in [0.25, 0.3) is 0 Å². The summed E-state index contributed by atoms with van der Waals surface area (Å²) >= 11 is 0. The minimum absolute atomic E-state index is 0.583. The van der Waals surface area contributed by atoms with E-state index < -0.39 is 0 Å². The lowest BCUT2D eigenvalue weighted by atomic mass is 10.3. The highest BCUT2D eigenvalue weighted by atomic mass is 15.5. The molecule has 3 rings (SSSR count). The first-order valence-electron chi connectivity index (χ1n) is 5.24. The third kappa shape index (κ3) is 1.08. The normalized spacial score (nSPS) is 36.4. The summed E-state index contributed by atoms with van der Waals surface area (Å²) in [5.74, 6) is 1.58. The molecule has 14 heavy (non-hydrogen) atoms. The number of rotatable bonds is 2. The highest BCUT2D eigenvalue weighted by Crippen LogP contribution is 2.54. The lowest BCUT2D eigenvalue weighted by molar-refractivity contribution is 0.231. The van der Waals surface area contributed by atoms with Crippen molar-refractivity contribution in [2.75, 3.05) is 13.1 Å². The lowest BCUT2D eigenvalue weighted by Crippen LogP contribution is -2.31. The number of fused-ring (bicyclic) bond motifs is 1. The van der Waals surface area contributed by atoms with E-state index in [1.165, 1.54) is 13.1 Å². The molecule has 5 heteroatoms. The SMILES string of the molecule is CC(C)N1CC2C(C1)C2n1cnnn1. The zero-order valence-corrected chi connectivity index (χ0v) is 8.54. The van der Waals surface area contributed by atoms with Crippen LogP contribution in [0.15, 0.2) is 6.33 Å². The van der Waals surface area contributed by atoms with Crippen LogP contribution in [0.1, 0.15) is 19.9 Å². The Hall–Kier alpha value is -0.970. The molecule has 2 fully saturated rings. The van der Waals surface area contributed by atoms with E-state index >= 15 is 0 Å². The van der Waals surface area contributed by atoms with Gasteiger partial charge in [0.05, 0.1) is 6.04 Å². The van der Waals surface area contributed by atoms with Crippen LogP contribution in [0, 0.1) is 11.8 Å². The first kappa shape index (κ1) is 8.35. The van der Waals surface area contributed by atoms with Crippen molar-refractivity contribution in [3.63, 3.8) is 0 Å². The number of nitrogens with zero attached hydrogens (tertiary/aromatic N) is 5. The monoisotopic (exact) mass is 193 g/mol. The quantitative estimate of drug-likeness (QED) is 0.672. The second-order valence-corrected chi connectivity index (χ2v) is 4.66. The van der Waals surface area contributed by atoms with Crippen molar-refractivity contribution in [1.82, 2.24) is 25.1 Å². The maximum absolute atomic E-state index is 3.97. The minimum Gasteiger partial charge on any atom is -0.300 e. The molecule has 1 saturated carbocycles. The molecule has 76 valence electrons. The van der Waals surface area contributed by atoms with Crippen LogP contribution in [-0.2, 0) is 0 Å². The highest BCUT2D eigenvalue weighted by molar-refractivity contribution is 5.08. The van der Waals surface area contributed by atoms with Crippen molar-refractivity contribution in [3.8, 4) is 0 Å². The summed E-state index contributed by atoms with van der Waals surface area (Å²) in [7, 11) is 0. The van der Waals surface area contributed by atoms with Crippen molar-refractivity contribution in [2.24, 2.45) is 11.8 Å². The van der Waals surface area contributed by atoms with Crippen LogP contribution >= 0.6 is 0 Å². The predicted molar refractivity (Wildman–Crippen MR) is 50.5 cm³/mol. The van der Waals surface area contributed by atoms with Crippen LogP contribution in [0.4, 0.5) is 0 Å². The Morgan fingerprint density at radius 1 is 1.29 bits per heavy atom. The Bertz CT molecular complexity index is 308. The molecular weight excluding hydrogens is 178 g/mol. The van der Waals surface area contributed by atoms with Crippen molar-refractivity contribution in [2.45, 2.75) is 25.9 Å². The number of piperidine rings is 1. The van der Waals surface area contributed by atoms with Crippen molar-refractivity contribution in [3.05, 3.63) is 6.33 Å². The molecule has 2 unspecified atom stereocenters. The van der Waals surface area contributed by atoms with Gasteiger partial charge in [-0.15, -0.1) is 5.10 Å². The van der Waals surface area contributed by atoms with Gasteiger partial charge in [0.25, 0.3) is 0 Å². The maximum atomic E-state index is 3.97. The van der Waals surface area contributed by atoms with E-state index in [1.54, 1.807) is 6.33 Å². The van der Waals surface area contributed by atoms with Crippen LogP contribution < -0.4 is 0 Å². The smallest absolute Gasteiger partial charge is 0.138 e. The van der Waals surface area contributed by atoms with E-state index in [-0.39, 0.29) is 0 Å². The van der Waals surface area contributed by atoms with E-state index in [4.69, 9.17) is 0 Å². The summed E-state index contributed by atoms with van der Waals surface area (Å²) in [5, 5.41) is 11.3. The summed E-state index contributed by atoms with van der Waals surface area (Å²) in [6.45, 7) is 6.95. The molecule has 0 N–H and O–H groups in total. The Balaban J connectivity index is 1.67. The molecule has 2 atom stereocenters. The van der Waals surface area contributed by atoms with Gasteiger partial charge in [-0.2, -0.15) is 0 Å². The van der Waals surface area contributed by atoms with Gasteiger partial charge in [-0.3, -0.25) is 0 Å². The third-order valence-corrected chi connectivity index (χ3v) is 3.58. The fourth-order valence-corrected chi connectivity index (χ4v) is 2.65. The minimum atomic E-state index is 0.583. The van der Waals surface area contributed by atoms with Gasteiger partial charge < -0.3 is 4.90 Å². The molecule has 0 spiro atoms. The maximum Gasteiger partial charge on any atom is 0.138 e. The Labute approximate surface area is 83.1 Å². The Morgan fingerprint density at radius 3 is 2.50 bits per heavy atom. The number of hydrogen-bond donors (Lipinski definition) is 0. The number of hydrogen-bond acceptors (Lipinski definition) is 4. The molecule has 0 amide bonds. The number of tetrazole rings is 1. The zero-order valence-electron chi connectivity index (χ0n) is 8.54. The topological polar surface area (TPSA) is 46.8 Å². The zero-order chi connectivity index (χ0) is 9.71. The molecule has 1 saturated heterocycles. The average molecular weight is 193 g/mol. The summed E-state index contributed by atoms with van der Waals surface area (Å²) in [4.78, 5) is 2.54.